The van der Waals surface area contributed by atoms with E-state index in [1.54, 1.807) is 0 Å². The van der Waals surface area contributed by atoms with Gasteiger partial charge in [-0.25, -0.2) is 0 Å². The molecule has 0 aromatic heterocycles. The summed E-state index contributed by atoms with van der Waals surface area (Å²) in [7, 11) is 0. The molecule has 9 aromatic carbocycles. The van der Waals surface area contributed by atoms with Crippen LogP contribution in [0.5, 0.6) is 0 Å². The first-order valence-electron chi connectivity index (χ1n) is 19.5. The maximum Gasteiger partial charge on any atom is 0.0560 e. The van der Waals surface area contributed by atoms with Crippen LogP contribution in [0.1, 0.15) is 6.42 Å². The first-order valence-corrected chi connectivity index (χ1v) is 19.5. The van der Waals surface area contributed by atoms with Crippen molar-refractivity contribution >= 4 is 60.8 Å². The van der Waals surface area contributed by atoms with E-state index in [9.17, 15) is 0 Å². The normalized spacial score (nSPS) is 13.7. The summed E-state index contributed by atoms with van der Waals surface area (Å²) < 4.78 is 0. The Hall–Kier alpha value is -7.16. The molecule has 0 fully saturated rings. The molecule has 0 amide bonds. The van der Waals surface area contributed by atoms with Crippen molar-refractivity contribution in [2.75, 3.05) is 9.80 Å². The molecule has 0 spiro atoms. The highest BCUT2D eigenvalue weighted by Gasteiger charge is 2.23. The lowest BCUT2D eigenvalue weighted by atomic mass is 9.88. The molecule has 1 atom stereocenters. The minimum absolute atomic E-state index is 0.227. The molecule has 0 heterocycles. The highest BCUT2D eigenvalue weighted by atomic mass is 15.2. The van der Waals surface area contributed by atoms with E-state index in [0.29, 0.717) is 0 Å². The van der Waals surface area contributed by atoms with Crippen LogP contribution in [-0.2, 0) is 0 Å². The third-order valence-electron chi connectivity index (χ3n) is 11.2. The average Bonchev–Trinajstić information content (AvgIpc) is 3.28. The van der Waals surface area contributed by atoms with E-state index in [2.05, 4.69) is 234 Å². The molecule has 1 aliphatic carbocycles. The quantitative estimate of drug-likeness (QED) is 0.154. The first-order chi connectivity index (χ1) is 27.8. The molecule has 0 aliphatic heterocycles. The molecular formula is C54H40N2. The van der Waals surface area contributed by atoms with E-state index in [4.69, 9.17) is 0 Å². The van der Waals surface area contributed by atoms with E-state index in [-0.39, 0.29) is 6.04 Å². The molecule has 0 saturated heterocycles. The van der Waals surface area contributed by atoms with Crippen LogP contribution in [0.3, 0.4) is 0 Å². The number of anilines is 5. The number of benzene rings is 9. The number of nitrogens with zero attached hydrogens (tertiary/aromatic N) is 2. The standard InChI is InChI=1S/C54H40N2/c1-5-19-39(20-6-1)55(40-21-7-2-8-22-40)53-37-35-49(45-29-15-17-31-51(45)53)47-33-34-48(44-28-14-13-27-43(44)47)50-36-38-54(52-32-18-16-30-46(50)52)56(41-23-9-3-10-24-41)42-25-11-4-12-26-42/h1-25,27-38,42H,26H2. The fraction of sp³-hybridized carbons (Fsp3) is 0.0370. The number of fused-ring (bicyclic) bond motifs is 3. The smallest absolute Gasteiger partial charge is 0.0560 e. The predicted octanol–water partition coefficient (Wildman–Crippen LogP) is 15.0. The Morgan fingerprint density at radius 1 is 0.321 bits per heavy atom. The lowest BCUT2D eigenvalue weighted by Gasteiger charge is -2.34. The minimum atomic E-state index is 0.227. The lowest BCUT2D eigenvalue weighted by Crippen LogP contribution is -2.29. The molecule has 2 heteroatoms. The van der Waals surface area contributed by atoms with Crippen LogP contribution >= 0.6 is 0 Å². The Bertz CT molecular complexity index is 2850. The summed E-state index contributed by atoms with van der Waals surface area (Å²) in [6, 6.07) is 73.0. The highest BCUT2D eigenvalue weighted by molar-refractivity contribution is 6.15. The van der Waals surface area contributed by atoms with Gasteiger partial charge in [0.25, 0.3) is 0 Å². The topological polar surface area (TPSA) is 6.48 Å². The highest BCUT2D eigenvalue weighted by Crippen LogP contribution is 2.46. The number of hydrogen-bond acceptors (Lipinski definition) is 2. The van der Waals surface area contributed by atoms with Crippen molar-refractivity contribution in [3.63, 3.8) is 0 Å². The van der Waals surface area contributed by atoms with Gasteiger partial charge in [-0.1, -0.05) is 176 Å². The Balaban J connectivity index is 1.13. The zero-order valence-corrected chi connectivity index (χ0v) is 31.0. The van der Waals surface area contributed by atoms with Crippen LogP contribution in [0, 0.1) is 0 Å². The first kappa shape index (κ1) is 33.4. The summed E-state index contributed by atoms with van der Waals surface area (Å²) in [6.45, 7) is 0. The van der Waals surface area contributed by atoms with Gasteiger partial charge in [-0.15, -0.1) is 0 Å². The second-order valence-electron chi connectivity index (χ2n) is 14.4. The lowest BCUT2D eigenvalue weighted by molar-refractivity contribution is 0.787. The van der Waals surface area contributed by atoms with Crippen molar-refractivity contribution in [1.82, 2.24) is 0 Å². The molecule has 1 aliphatic rings. The van der Waals surface area contributed by atoms with Gasteiger partial charge < -0.3 is 9.80 Å². The zero-order chi connectivity index (χ0) is 37.3. The van der Waals surface area contributed by atoms with Gasteiger partial charge in [-0.3, -0.25) is 0 Å². The Morgan fingerprint density at radius 2 is 0.696 bits per heavy atom. The Morgan fingerprint density at radius 3 is 1.16 bits per heavy atom. The maximum atomic E-state index is 2.50. The molecule has 1 unspecified atom stereocenters. The van der Waals surface area contributed by atoms with Crippen LogP contribution in [-0.4, -0.2) is 6.04 Å². The maximum absolute atomic E-state index is 2.50. The van der Waals surface area contributed by atoms with E-state index < -0.39 is 0 Å². The fourth-order valence-electron chi connectivity index (χ4n) is 8.65. The Labute approximate surface area is 328 Å². The number of para-hydroxylation sites is 3. The van der Waals surface area contributed by atoms with Gasteiger partial charge in [0, 0.05) is 33.5 Å². The fourth-order valence-corrected chi connectivity index (χ4v) is 8.65. The van der Waals surface area contributed by atoms with Crippen molar-refractivity contribution < 1.29 is 0 Å². The largest absolute Gasteiger partial charge is 0.334 e. The predicted molar refractivity (Wildman–Crippen MR) is 240 cm³/mol. The van der Waals surface area contributed by atoms with Crippen LogP contribution in [0.4, 0.5) is 28.4 Å². The summed E-state index contributed by atoms with van der Waals surface area (Å²) in [5.74, 6) is 0. The van der Waals surface area contributed by atoms with Crippen LogP contribution in [0.25, 0.3) is 54.6 Å². The van der Waals surface area contributed by atoms with Gasteiger partial charge in [0.15, 0.2) is 0 Å². The molecule has 0 N–H and O–H groups in total. The molecule has 9 aromatic rings. The van der Waals surface area contributed by atoms with Crippen molar-refractivity contribution in [3.05, 3.63) is 224 Å². The molecule has 0 saturated carbocycles. The summed E-state index contributed by atoms with van der Waals surface area (Å²) in [5, 5.41) is 7.40. The molecule has 2 nitrogen and oxygen atoms in total. The molecular weight excluding hydrogens is 677 g/mol. The van der Waals surface area contributed by atoms with Crippen molar-refractivity contribution in [1.29, 1.82) is 0 Å². The van der Waals surface area contributed by atoms with Crippen LogP contribution in [0.15, 0.2) is 224 Å². The summed E-state index contributed by atoms with van der Waals surface area (Å²) in [4.78, 5) is 4.86. The van der Waals surface area contributed by atoms with Gasteiger partial charge in [0.2, 0.25) is 0 Å². The third kappa shape index (κ3) is 5.93. The van der Waals surface area contributed by atoms with Crippen molar-refractivity contribution in [2.45, 2.75) is 12.5 Å². The third-order valence-corrected chi connectivity index (χ3v) is 11.2. The van der Waals surface area contributed by atoms with Crippen molar-refractivity contribution in [2.24, 2.45) is 0 Å². The van der Waals surface area contributed by atoms with Gasteiger partial charge in [-0.05, 0) is 98.8 Å². The second kappa shape index (κ2) is 14.6. The van der Waals surface area contributed by atoms with Gasteiger partial charge >= 0.3 is 0 Å². The SMILES string of the molecule is C1=CCC(N(c2ccccc2)c2ccc(-c3ccc(-c4ccc(N(c5ccccc5)c5ccccc5)c5ccccc45)c4ccccc34)c3ccccc23)C=C1. The Kier molecular flexibility index (Phi) is 8.70. The number of rotatable bonds is 8. The summed E-state index contributed by atoms with van der Waals surface area (Å²) in [6.07, 6.45) is 9.87. The molecule has 0 radical (unpaired) electrons. The monoisotopic (exact) mass is 716 g/mol. The molecule has 0 bridgehead atoms. The summed E-state index contributed by atoms with van der Waals surface area (Å²) >= 11 is 0. The van der Waals surface area contributed by atoms with E-state index in [1.165, 1.54) is 65.9 Å². The van der Waals surface area contributed by atoms with E-state index >= 15 is 0 Å². The zero-order valence-electron chi connectivity index (χ0n) is 31.0. The molecule has 10 rings (SSSR count). The van der Waals surface area contributed by atoms with Gasteiger partial charge in [0.05, 0.1) is 11.7 Å². The van der Waals surface area contributed by atoms with Crippen molar-refractivity contribution in [3.8, 4) is 22.3 Å². The van der Waals surface area contributed by atoms with E-state index in [0.717, 1.165) is 23.5 Å². The summed E-state index contributed by atoms with van der Waals surface area (Å²) in [5.41, 5.74) is 10.7. The van der Waals surface area contributed by atoms with Crippen LogP contribution in [0.2, 0.25) is 0 Å². The molecule has 56 heavy (non-hydrogen) atoms. The average molecular weight is 717 g/mol. The number of allylic oxidation sites excluding steroid dienone is 2. The second-order valence-corrected chi connectivity index (χ2v) is 14.4. The number of hydrogen-bond donors (Lipinski definition) is 0. The van der Waals surface area contributed by atoms with Gasteiger partial charge in [0.1, 0.15) is 0 Å². The van der Waals surface area contributed by atoms with E-state index in [1.807, 2.05) is 0 Å². The molecule has 266 valence electrons. The minimum Gasteiger partial charge on any atom is -0.334 e. The van der Waals surface area contributed by atoms with Crippen LogP contribution < -0.4 is 9.80 Å². The van der Waals surface area contributed by atoms with Gasteiger partial charge in [-0.2, -0.15) is 0 Å².